The van der Waals surface area contributed by atoms with Crippen molar-refractivity contribution in [1.29, 1.82) is 0 Å². The number of nitrogens with zero attached hydrogens (tertiary/aromatic N) is 1. The Kier molecular flexibility index (Phi) is 7.93. The first-order valence-electron chi connectivity index (χ1n) is 11.5. The summed E-state index contributed by atoms with van der Waals surface area (Å²) >= 11 is 12.1. The standard InChI is InChI=1S/C27H26Cl2FN3O2/c1-17-10-12-33(13-11-17)25-9-7-21(32-27(35)22-8-4-19(28)14-24(22)29)15-23(25)26(34)31-16-18-2-5-20(30)6-3-18/h2-9,14-15,17H,10-13,16H2,1H3,(H,31,34)(H,32,35). The Morgan fingerprint density at radius 3 is 2.34 bits per heavy atom. The molecule has 3 aromatic rings. The zero-order valence-corrected chi connectivity index (χ0v) is 20.8. The van der Waals surface area contributed by atoms with Crippen LogP contribution in [0.25, 0.3) is 0 Å². The van der Waals surface area contributed by atoms with Crippen LogP contribution >= 0.6 is 23.2 Å². The maximum atomic E-state index is 13.3. The van der Waals surface area contributed by atoms with Crippen LogP contribution in [0, 0.1) is 11.7 Å². The van der Waals surface area contributed by atoms with Crippen LogP contribution in [0.2, 0.25) is 10.0 Å². The Bertz CT molecular complexity index is 1230. The number of anilines is 2. The Labute approximate surface area is 214 Å². The number of hydrogen-bond acceptors (Lipinski definition) is 3. The van der Waals surface area contributed by atoms with E-state index in [1.807, 2.05) is 6.07 Å². The summed E-state index contributed by atoms with van der Waals surface area (Å²) in [6.45, 7) is 4.19. The monoisotopic (exact) mass is 513 g/mol. The van der Waals surface area contributed by atoms with Gasteiger partial charge in [-0.3, -0.25) is 9.59 Å². The van der Waals surface area contributed by atoms with Gasteiger partial charge in [-0.1, -0.05) is 42.3 Å². The lowest BCUT2D eigenvalue weighted by atomic mass is 9.97. The van der Waals surface area contributed by atoms with Crippen molar-refractivity contribution in [3.8, 4) is 0 Å². The zero-order chi connectivity index (χ0) is 24.9. The van der Waals surface area contributed by atoms with E-state index < -0.39 is 5.91 Å². The average Bonchev–Trinajstić information content (AvgIpc) is 2.84. The van der Waals surface area contributed by atoms with Crippen LogP contribution in [0.3, 0.4) is 0 Å². The Balaban J connectivity index is 1.57. The first kappa shape index (κ1) is 25.0. The number of halogens is 3. The number of carbonyl (C=O) groups is 2. The maximum Gasteiger partial charge on any atom is 0.257 e. The molecule has 1 aliphatic heterocycles. The van der Waals surface area contributed by atoms with Gasteiger partial charge in [-0.15, -0.1) is 0 Å². The minimum absolute atomic E-state index is 0.242. The van der Waals surface area contributed by atoms with E-state index in [2.05, 4.69) is 22.5 Å². The first-order valence-corrected chi connectivity index (χ1v) is 12.2. The van der Waals surface area contributed by atoms with Gasteiger partial charge in [0.05, 0.1) is 16.1 Å². The van der Waals surface area contributed by atoms with Crippen molar-refractivity contribution in [2.45, 2.75) is 26.3 Å². The molecule has 4 rings (SSSR count). The third-order valence-corrected chi connectivity index (χ3v) is 6.71. The van der Waals surface area contributed by atoms with E-state index in [9.17, 15) is 14.0 Å². The summed E-state index contributed by atoms with van der Waals surface area (Å²) in [6, 6.07) is 16.0. The van der Waals surface area contributed by atoms with Gasteiger partial charge in [-0.2, -0.15) is 0 Å². The molecule has 2 N–H and O–H groups in total. The van der Waals surface area contributed by atoms with Crippen LogP contribution in [0.15, 0.2) is 60.7 Å². The largest absolute Gasteiger partial charge is 0.371 e. The second kappa shape index (κ2) is 11.1. The van der Waals surface area contributed by atoms with Gasteiger partial charge in [0, 0.05) is 36.0 Å². The van der Waals surface area contributed by atoms with Gasteiger partial charge in [0.15, 0.2) is 0 Å². The van der Waals surface area contributed by atoms with Crippen molar-refractivity contribution >= 4 is 46.4 Å². The molecule has 5 nitrogen and oxygen atoms in total. The van der Waals surface area contributed by atoms with E-state index in [0.29, 0.717) is 22.2 Å². The molecule has 1 saturated heterocycles. The van der Waals surface area contributed by atoms with Crippen LogP contribution in [0.1, 0.15) is 46.0 Å². The number of rotatable bonds is 6. The molecule has 1 fully saturated rings. The normalized spacial score (nSPS) is 14.0. The molecule has 1 aliphatic rings. The molecule has 0 aliphatic carbocycles. The Morgan fingerprint density at radius 1 is 0.943 bits per heavy atom. The highest BCUT2D eigenvalue weighted by Crippen LogP contribution is 2.29. The van der Waals surface area contributed by atoms with E-state index in [-0.39, 0.29) is 28.9 Å². The van der Waals surface area contributed by atoms with E-state index >= 15 is 0 Å². The number of piperidine rings is 1. The number of nitrogens with one attached hydrogen (secondary N) is 2. The third-order valence-electron chi connectivity index (χ3n) is 6.17. The van der Waals surface area contributed by atoms with Crippen molar-refractivity contribution in [2.75, 3.05) is 23.3 Å². The highest BCUT2D eigenvalue weighted by Gasteiger charge is 2.22. The van der Waals surface area contributed by atoms with E-state index in [0.717, 1.165) is 37.2 Å². The predicted octanol–water partition coefficient (Wildman–Crippen LogP) is 6.55. The van der Waals surface area contributed by atoms with Gasteiger partial charge >= 0.3 is 0 Å². The smallest absolute Gasteiger partial charge is 0.257 e. The topological polar surface area (TPSA) is 61.4 Å². The number of hydrogen-bond donors (Lipinski definition) is 2. The molecular weight excluding hydrogens is 488 g/mol. The fourth-order valence-corrected chi connectivity index (χ4v) is 4.57. The molecule has 0 saturated carbocycles. The summed E-state index contributed by atoms with van der Waals surface area (Å²) in [4.78, 5) is 28.3. The van der Waals surface area contributed by atoms with E-state index in [4.69, 9.17) is 23.2 Å². The molecule has 0 aromatic heterocycles. The molecule has 0 unspecified atom stereocenters. The molecule has 3 aromatic carbocycles. The third kappa shape index (κ3) is 6.32. The average molecular weight is 514 g/mol. The predicted molar refractivity (Wildman–Crippen MR) is 139 cm³/mol. The van der Waals surface area contributed by atoms with Gasteiger partial charge in [0.2, 0.25) is 0 Å². The summed E-state index contributed by atoms with van der Waals surface area (Å²) in [5.74, 6) is -0.358. The van der Waals surface area contributed by atoms with Gasteiger partial charge in [-0.25, -0.2) is 4.39 Å². The molecule has 0 bridgehead atoms. The summed E-state index contributed by atoms with van der Waals surface area (Å²) < 4.78 is 13.2. The van der Waals surface area contributed by atoms with Gasteiger partial charge in [0.1, 0.15) is 5.82 Å². The van der Waals surface area contributed by atoms with E-state index in [1.165, 1.54) is 18.2 Å². The molecule has 0 spiro atoms. The van der Waals surface area contributed by atoms with Crippen molar-refractivity contribution in [3.63, 3.8) is 0 Å². The first-order chi connectivity index (χ1) is 16.8. The second-order valence-electron chi connectivity index (χ2n) is 8.79. The minimum Gasteiger partial charge on any atom is -0.371 e. The number of carbonyl (C=O) groups excluding carboxylic acids is 2. The van der Waals surface area contributed by atoms with Crippen molar-refractivity contribution in [3.05, 3.63) is 93.2 Å². The van der Waals surface area contributed by atoms with Crippen molar-refractivity contribution in [1.82, 2.24) is 5.32 Å². The van der Waals surface area contributed by atoms with Crippen LogP contribution < -0.4 is 15.5 Å². The van der Waals surface area contributed by atoms with Crippen molar-refractivity contribution in [2.24, 2.45) is 5.92 Å². The minimum atomic E-state index is -0.399. The second-order valence-corrected chi connectivity index (χ2v) is 9.63. The highest BCUT2D eigenvalue weighted by molar-refractivity contribution is 6.37. The lowest BCUT2D eigenvalue weighted by Gasteiger charge is -2.33. The quantitative estimate of drug-likeness (QED) is 0.392. The molecular formula is C27H26Cl2FN3O2. The summed E-state index contributed by atoms with van der Waals surface area (Å²) in [5, 5.41) is 6.42. The Morgan fingerprint density at radius 2 is 1.66 bits per heavy atom. The maximum absolute atomic E-state index is 13.3. The molecule has 2 amide bonds. The lowest BCUT2D eigenvalue weighted by Crippen LogP contribution is -2.35. The fourth-order valence-electron chi connectivity index (χ4n) is 4.07. The van der Waals surface area contributed by atoms with Crippen LogP contribution in [0.5, 0.6) is 0 Å². The zero-order valence-electron chi connectivity index (χ0n) is 19.3. The molecule has 0 radical (unpaired) electrons. The molecule has 35 heavy (non-hydrogen) atoms. The van der Waals surface area contributed by atoms with Gasteiger partial charge < -0.3 is 15.5 Å². The van der Waals surface area contributed by atoms with Crippen LogP contribution in [-0.4, -0.2) is 24.9 Å². The highest BCUT2D eigenvalue weighted by atomic mass is 35.5. The summed E-state index contributed by atoms with van der Waals surface area (Å²) in [7, 11) is 0. The summed E-state index contributed by atoms with van der Waals surface area (Å²) in [5.41, 5.74) is 2.82. The summed E-state index contributed by atoms with van der Waals surface area (Å²) in [6.07, 6.45) is 2.09. The Hall–Kier alpha value is -3.09. The van der Waals surface area contributed by atoms with E-state index in [1.54, 1.807) is 36.4 Å². The SMILES string of the molecule is CC1CCN(c2ccc(NC(=O)c3ccc(Cl)cc3Cl)cc2C(=O)NCc2ccc(F)cc2)CC1. The molecule has 8 heteroatoms. The van der Waals surface area contributed by atoms with Crippen LogP contribution in [-0.2, 0) is 6.54 Å². The molecule has 1 heterocycles. The molecule has 0 atom stereocenters. The van der Waals surface area contributed by atoms with Gasteiger partial charge in [0.25, 0.3) is 11.8 Å². The molecule has 182 valence electrons. The van der Waals surface area contributed by atoms with Crippen LogP contribution in [0.4, 0.5) is 15.8 Å². The van der Waals surface area contributed by atoms with Crippen molar-refractivity contribution < 1.29 is 14.0 Å². The lowest BCUT2D eigenvalue weighted by molar-refractivity contribution is 0.0950. The fraction of sp³-hybridized carbons (Fsp3) is 0.259. The number of amides is 2. The number of benzene rings is 3. The van der Waals surface area contributed by atoms with Gasteiger partial charge in [-0.05, 0) is 72.9 Å².